The number of aryl methyl sites for hydroxylation is 1. The molecular weight excluding hydrogens is 280 g/mol. The van der Waals surface area contributed by atoms with Crippen LogP contribution in [0.15, 0.2) is 23.8 Å². The Hall–Kier alpha value is -2.12. The van der Waals surface area contributed by atoms with E-state index in [1.165, 1.54) is 11.3 Å². The average Bonchev–Trinajstić information content (AvgIpc) is 2.93. The van der Waals surface area contributed by atoms with Crippen molar-refractivity contribution >= 4 is 22.9 Å². The van der Waals surface area contributed by atoms with Crippen LogP contribution in [-0.2, 0) is 5.41 Å². The number of nitrogens with zero attached hydrogens (tertiary/aromatic N) is 1. The summed E-state index contributed by atoms with van der Waals surface area (Å²) in [5.74, 6) is 2.60. The highest BCUT2D eigenvalue weighted by Gasteiger charge is 2.24. The number of hydrogen-bond acceptors (Lipinski definition) is 3. The molecule has 1 amide bonds. The molecule has 1 heterocycles. The second kappa shape index (κ2) is 5.71. The van der Waals surface area contributed by atoms with Crippen LogP contribution in [0.3, 0.4) is 0 Å². The van der Waals surface area contributed by atoms with E-state index in [-0.39, 0.29) is 11.3 Å². The minimum atomic E-state index is -0.163. The van der Waals surface area contributed by atoms with E-state index in [0.717, 1.165) is 22.4 Å². The zero-order valence-electron chi connectivity index (χ0n) is 12.7. The minimum absolute atomic E-state index is 0.158. The number of anilines is 1. The third-order valence-corrected chi connectivity index (χ3v) is 3.98. The maximum absolute atomic E-state index is 12.2. The Morgan fingerprint density at radius 2 is 2.10 bits per heavy atom. The number of amides is 1. The fourth-order valence-electron chi connectivity index (χ4n) is 2.29. The largest absolute Gasteiger partial charge is 0.321 e. The molecule has 4 heteroatoms. The molecule has 0 spiro atoms. The summed E-state index contributed by atoms with van der Waals surface area (Å²) in [6.07, 6.45) is 7.23. The quantitative estimate of drug-likeness (QED) is 0.852. The van der Waals surface area contributed by atoms with Gasteiger partial charge < -0.3 is 5.32 Å². The number of benzene rings is 1. The highest BCUT2D eigenvalue weighted by molar-refractivity contribution is 7.11. The lowest BCUT2D eigenvalue weighted by molar-refractivity contribution is 0.103. The number of thiazole rings is 1. The molecule has 1 N–H and O–H groups in total. The van der Waals surface area contributed by atoms with Gasteiger partial charge in [0.1, 0.15) is 4.88 Å². The van der Waals surface area contributed by atoms with Gasteiger partial charge in [-0.25, -0.2) is 0 Å². The number of carbonyl (C=O) groups excluding carboxylic acids is 1. The summed E-state index contributed by atoms with van der Waals surface area (Å²) in [4.78, 5) is 16.8. The molecule has 108 valence electrons. The second-order valence-corrected chi connectivity index (χ2v) is 6.78. The minimum Gasteiger partial charge on any atom is -0.321 e. The smallest absolute Gasteiger partial charge is 0.267 e. The molecule has 0 fully saturated rings. The van der Waals surface area contributed by atoms with Gasteiger partial charge in [0, 0.05) is 11.3 Å². The molecule has 0 aliphatic heterocycles. The van der Waals surface area contributed by atoms with Crippen LogP contribution < -0.4 is 5.32 Å². The topological polar surface area (TPSA) is 42.0 Å². The molecule has 0 radical (unpaired) electrons. The van der Waals surface area contributed by atoms with E-state index in [1.54, 1.807) is 11.7 Å². The first-order chi connectivity index (χ1) is 9.84. The van der Waals surface area contributed by atoms with Gasteiger partial charge in [0.05, 0.1) is 11.7 Å². The third kappa shape index (κ3) is 3.14. The van der Waals surface area contributed by atoms with E-state index in [9.17, 15) is 4.79 Å². The van der Waals surface area contributed by atoms with Gasteiger partial charge in [-0.3, -0.25) is 9.78 Å². The van der Waals surface area contributed by atoms with Crippen LogP contribution >= 0.6 is 11.3 Å². The molecule has 0 saturated heterocycles. The van der Waals surface area contributed by atoms with E-state index in [2.05, 4.69) is 37.0 Å². The van der Waals surface area contributed by atoms with Gasteiger partial charge >= 0.3 is 0 Å². The van der Waals surface area contributed by atoms with Crippen LogP contribution in [0, 0.1) is 19.3 Å². The number of aromatic nitrogens is 1. The van der Waals surface area contributed by atoms with Gasteiger partial charge in [0.2, 0.25) is 0 Å². The molecule has 0 aliphatic rings. The SMILES string of the molecule is C#Cc1c(C)ccc(NC(=O)c2cncs2)c1C(C)(C)C. The summed E-state index contributed by atoms with van der Waals surface area (Å²) in [5, 5.41) is 2.96. The van der Waals surface area contributed by atoms with Crippen LogP contribution in [0.2, 0.25) is 0 Å². The third-order valence-electron chi connectivity index (χ3n) is 3.21. The summed E-state index contributed by atoms with van der Waals surface area (Å²) < 4.78 is 0. The Morgan fingerprint density at radius 3 is 2.62 bits per heavy atom. The monoisotopic (exact) mass is 298 g/mol. The van der Waals surface area contributed by atoms with Crippen molar-refractivity contribution in [2.45, 2.75) is 33.1 Å². The van der Waals surface area contributed by atoms with Gasteiger partial charge in [-0.1, -0.05) is 32.8 Å². The van der Waals surface area contributed by atoms with Crippen molar-refractivity contribution in [3.05, 3.63) is 45.4 Å². The Labute approximate surface area is 129 Å². The molecular formula is C17H18N2OS. The van der Waals surface area contributed by atoms with E-state index in [4.69, 9.17) is 6.42 Å². The number of nitrogens with one attached hydrogen (secondary N) is 1. The first-order valence-electron chi connectivity index (χ1n) is 6.65. The van der Waals surface area contributed by atoms with Crippen molar-refractivity contribution in [2.24, 2.45) is 0 Å². The molecule has 0 atom stereocenters. The van der Waals surface area contributed by atoms with E-state index in [1.807, 2.05) is 19.1 Å². The van der Waals surface area contributed by atoms with Gasteiger partial charge in [-0.05, 0) is 29.5 Å². The van der Waals surface area contributed by atoms with E-state index in [0.29, 0.717) is 4.88 Å². The number of hydrogen-bond donors (Lipinski definition) is 1. The van der Waals surface area contributed by atoms with Crippen molar-refractivity contribution in [1.29, 1.82) is 0 Å². The van der Waals surface area contributed by atoms with Crippen LogP contribution in [0.5, 0.6) is 0 Å². The van der Waals surface area contributed by atoms with Crippen molar-refractivity contribution in [3.8, 4) is 12.3 Å². The highest BCUT2D eigenvalue weighted by Crippen LogP contribution is 2.34. The highest BCUT2D eigenvalue weighted by atomic mass is 32.1. The summed E-state index contributed by atoms with van der Waals surface area (Å²) in [6, 6.07) is 3.85. The van der Waals surface area contributed by atoms with Gasteiger partial charge in [-0.15, -0.1) is 17.8 Å². The number of terminal acetylenes is 1. The standard InChI is InChI=1S/C17H18N2OS/c1-6-12-11(2)7-8-13(15(12)17(3,4)5)19-16(20)14-9-18-10-21-14/h1,7-10H,2-5H3,(H,19,20). The number of carbonyl (C=O) groups is 1. The van der Waals surface area contributed by atoms with Crippen LogP contribution in [0.4, 0.5) is 5.69 Å². The van der Waals surface area contributed by atoms with Crippen molar-refractivity contribution in [3.63, 3.8) is 0 Å². The first kappa shape index (κ1) is 15.3. The fraction of sp³-hybridized carbons (Fsp3) is 0.294. The molecule has 21 heavy (non-hydrogen) atoms. The van der Waals surface area contributed by atoms with E-state index < -0.39 is 0 Å². The fourth-order valence-corrected chi connectivity index (χ4v) is 2.80. The lowest BCUT2D eigenvalue weighted by Gasteiger charge is -2.26. The lowest BCUT2D eigenvalue weighted by atomic mass is 9.81. The summed E-state index contributed by atoms with van der Waals surface area (Å²) in [5.41, 5.74) is 5.12. The first-order valence-corrected chi connectivity index (χ1v) is 7.53. The molecule has 0 saturated carbocycles. The molecule has 0 unspecified atom stereocenters. The normalized spacial score (nSPS) is 11.0. The van der Waals surface area contributed by atoms with Crippen LogP contribution in [0.25, 0.3) is 0 Å². The second-order valence-electron chi connectivity index (χ2n) is 5.89. The molecule has 3 nitrogen and oxygen atoms in total. The lowest BCUT2D eigenvalue weighted by Crippen LogP contribution is -2.20. The van der Waals surface area contributed by atoms with Crippen molar-refractivity contribution in [2.75, 3.05) is 5.32 Å². The van der Waals surface area contributed by atoms with Gasteiger partial charge in [-0.2, -0.15) is 0 Å². The Kier molecular flexibility index (Phi) is 4.15. The van der Waals surface area contributed by atoms with Crippen molar-refractivity contribution in [1.82, 2.24) is 4.98 Å². The predicted octanol–water partition coefficient (Wildman–Crippen LogP) is 3.98. The summed E-state index contributed by atoms with van der Waals surface area (Å²) in [6.45, 7) is 8.25. The Balaban J connectivity index is 2.50. The number of rotatable bonds is 2. The zero-order valence-corrected chi connectivity index (χ0v) is 13.5. The maximum atomic E-state index is 12.2. The average molecular weight is 298 g/mol. The maximum Gasteiger partial charge on any atom is 0.267 e. The van der Waals surface area contributed by atoms with Crippen LogP contribution in [-0.4, -0.2) is 10.9 Å². The van der Waals surface area contributed by atoms with Crippen LogP contribution in [0.1, 0.15) is 47.1 Å². The molecule has 2 rings (SSSR count). The zero-order chi connectivity index (χ0) is 15.6. The van der Waals surface area contributed by atoms with E-state index >= 15 is 0 Å². The molecule has 0 bridgehead atoms. The van der Waals surface area contributed by atoms with Crippen molar-refractivity contribution < 1.29 is 4.79 Å². The molecule has 1 aromatic carbocycles. The van der Waals surface area contributed by atoms with Gasteiger partial charge in [0.25, 0.3) is 5.91 Å². The Morgan fingerprint density at radius 1 is 1.38 bits per heavy atom. The molecule has 0 aliphatic carbocycles. The Bertz CT molecular complexity index is 704. The summed E-state index contributed by atoms with van der Waals surface area (Å²) >= 11 is 1.31. The summed E-state index contributed by atoms with van der Waals surface area (Å²) in [7, 11) is 0. The molecule has 2 aromatic rings. The molecule has 1 aromatic heterocycles. The predicted molar refractivity (Wildman–Crippen MR) is 87.9 cm³/mol. The van der Waals surface area contributed by atoms with Gasteiger partial charge in [0.15, 0.2) is 0 Å².